The van der Waals surface area contributed by atoms with Crippen molar-refractivity contribution in [3.8, 4) is 11.5 Å². The van der Waals surface area contributed by atoms with Crippen molar-refractivity contribution in [2.75, 3.05) is 12.1 Å². The van der Waals surface area contributed by atoms with Crippen LogP contribution in [0.4, 0.5) is 5.69 Å². The van der Waals surface area contributed by atoms with Gasteiger partial charge in [-0.2, -0.15) is 0 Å². The second-order valence-corrected chi connectivity index (χ2v) is 6.54. The molecule has 0 spiro atoms. The molecule has 0 unspecified atom stereocenters. The number of guanidine groups is 1. The zero-order valence-electron chi connectivity index (χ0n) is 15.9. The number of benzene rings is 2. The van der Waals surface area contributed by atoms with Gasteiger partial charge in [0.2, 0.25) is 12.8 Å². The summed E-state index contributed by atoms with van der Waals surface area (Å²) in [7, 11) is 0. The van der Waals surface area contributed by atoms with Crippen LogP contribution >= 0.6 is 0 Å². The molecule has 0 bridgehead atoms. The van der Waals surface area contributed by atoms with Crippen molar-refractivity contribution >= 4 is 17.6 Å². The summed E-state index contributed by atoms with van der Waals surface area (Å²) in [5, 5.41) is 6.04. The Morgan fingerprint density at radius 2 is 1.90 bits per heavy atom. The first kappa shape index (κ1) is 18.5. The highest BCUT2D eigenvalue weighted by atomic mass is 16.7. The molecule has 0 saturated carbocycles. The Labute approximate surface area is 168 Å². The Morgan fingerprint density at radius 3 is 2.72 bits per heavy atom. The summed E-state index contributed by atoms with van der Waals surface area (Å²) >= 11 is 0. The van der Waals surface area contributed by atoms with Crippen LogP contribution in [0.1, 0.15) is 21.5 Å². The van der Waals surface area contributed by atoms with Crippen molar-refractivity contribution in [2.24, 2.45) is 4.99 Å². The van der Waals surface area contributed by atoms with E-state index in [0.29, 0.717) is 29.6 Å². The van der Waals surface area contributed by atoms with E-state index in [-0.39, 0.29) is 12.7 Å². The van der Waals surface area contributed by atoms with E-state index in [0.717, 1.165) is 16.8 Å². The first-order valence-corrected chi connectivity index (χ1v) is 9.15. The average Bonchev–Trinajstić information content (AvgIpc) is 3.20. The number of anilines is 1. The summed E-state index contributed by atoms with van der Waals surface area (Å²) in [5.41, 5.74) is 3.38. The maximum absolute atomic E-state index is 12.8. The molecule has 7 heteroatoms. The van der Waals surface area contributed by atoms with Gasteiger partial charge in [0.15, 0.2) is 11.5 Å². The highest BCUT2D eigenvalue weighted by Crippen LogP contribution is 2.32. The second-order valence-electron chi connectivity index (χ2n) is 6.54. The summed E-state index contributed by atoms with van der Waals surface area (Å²) in [6.45, 7) is 2.57. The number of fused-ring (bicyclic) bond motifs is 1. The largest absolute Gasteiger partial charge is 0.454 e. The van der Waals surface area contributed by atoms with Gasteiger partial charge in [-0.15, -0.1) is 0 Å². The molecular formula is C22H20N4O3. The van der Waals surface area contributed by atoms with E-state index in [1.165, 1.54) is 0 Å². The van der Waals surface area contributed by atoms with Crippen LogP contribution in [0, 0.1) is 6.92 Å². The number of carbonyl (C=O) groups excluding carboxylic acids is 1. The molecule has 0 atom stereocenters. The van der Waals surface area contributed by atoms with Crippen LogP contribution in [-0.2, 0) is 6.54 Å². The van der Waals surface area contributed by atoms with Crippen LogP contribution in [0.2, 0.25) is 0 Å². The third-order valence-corrected chi connectivity index (χ3v) is 4.32. The molecule has 146 valence electrons. The van der Waals surface area contributed by atoms with Gasteiger partial charge in [-0.3, -0.25) is 15.1 Å². The van der Waals surface area contributed by atoms with Gasteiger partial charge in [-0.05, 0) is 60.5 Å². The number of amides is 1. The molecule has 0 fully saturated rings. The molecule has 0 radical (unpaired) electrons. The molecule has 2 aromatic carbocycles. The van der Waals surface area contributed by atoms with Crippen LogP contribution < -0.4 is 20.1 Å². The second kappa shape index (κ2) is 8.43. The van der Waals surface area contributed by atoms with Gasteiger partial charge in [0, 0.05) is 23.6 Å². The molecule has 0 saturated heterocycles. The summed E-state index contributed by atoms with van der Waals surface area (Å²) in [4.78, 5) is 21.3. The quantitative estimate of drug-likeness (QED) is 0.528. The lowest BCUT2D eigenvalue weighted by atomic mass is 10.2. The molecule has 1 amide bonds. The zero-order chi connectivity index (χ0) is 20.1. The van der Waals surface area contributed by atoms with E-state index in [4.69, 9.17) is 9.47 Å². The molecule has 2 heterocycles. The van der Waals surface area contributed by atoms with Crippen molar-refractivity contribution in [3.63, 3.8) is 0 Å². The topological polar surface area (TPSA) is 84.8 Å². The molecule has 4 rings (SSSR count). The predicted molar refractivity (Wildman–Crippen MR) is 110 cm³/mol. The molecule has 7 nitrogen and oxygen atoms in total. The minimum Gasteiger partial charge on any atom is -0.454 e. The Morgan fingerprint density at radius 1 is 1.07 bits per heavy atom. The predicted octanol–water partition coefficient (Wildman–Crippen LogP) is 3.52. The molecule has 3 aromatic rings. The number of hydrogen-bond donors (Lipinski definition) is 2. The van der Waals surface area contributed by atoms with Crippen molar-refractivity contribution in [3.05, 3.63) is 83.7 Å². The smallest absolute Gasteiger partial charge is 0.258 e. The third-order valence-electron chi connectivity index (χ3n) is 4.32. The summed E-state index contributed by atoms with van der Waals surface area (Å²) in [6, 6.07) is 16.7. The fraction of sp³-hybridized carbons (Fsp3) is 0.136. The number of aliphatic imine (C=N–C) groups is 1. The monoisotopic (exact) mass is 388 g/mol. The van der Waals surface area contributed by atoms with E-state index in [1.54, 1.807) is 30.6 Å². The van der Waals surface area contributed by atoms with Gasteiger partial charge in [0.25, 0.3) is 5.91 Å². The van der Waals surface area contributed by atoms with E-state index in [9.17, 15) is 4.79 Å². The van der Waals surface area contributed by atoms with Gasteiger partial charge < -0.3 is 14.8 Å². The van der Waals surface area contributed by atoms with Crippen LogP contribution in [0.15, 0.2) is 72.0 Å². The molecule has 29 heavy (non-hydrogen) atoms. The number of aromatic nitrogens is 1. The number of ether oxygens (including phenoxy) is 2. The maximum Gasteiger partial charge on any atom is 0.258 e. The number of nitrogens with one attached hydrogen (secondary N) is 2. The standard InChI is InChI=1S/C22H20N4O3/c1-15-3-2-4-18(11-15)25-22(24-13-16-7-9-23-10-8-16)26-21(27)17-5-6-19-20(12-17)29-14-28-19/h2-12H,13-14H2,1H3,(H2,24,25,26,27). The number of aryl methyl sites for hydroxylation is 1. The van der Waals surface area contributed by atoms with E-state index in [1.807, 2.05) is 43.3 Å². The Bertz CT molecular complexity index is 1050. The lowest BCUT2D eigenvalue weighted by molar-refractivity contribution is 0.0976. The third kappa shape index (κ3) is 4.70. The Balaban J connectivity index is 1.54. The molecule has 1 aromatic heterocycles. The SMILES string of the molecule is Cc1cccc(NC(=NCc2ccncc2)NC(=O)c2ccc3c(c2)OCO3)c1. The summed E-state index contributed by atoms with van der Waals surface area (Å²) in [6.07, 6.45) is 3.42. The van der Waals surface area contributed by atoms with E-state index in [2.05, 4.69) is 20.6 Å². The maximum atomic E-state index is 12.8. The zero-order valence-corrected chi connectivity index (χ0v) is 15.9. The number of hydrogen-bond acceptors (Lipinski definition) is 5. The lowest BCUT2D eigenvalue weighted by Gasteiger charge is -2.13. The summed E-state index contributed by atoms with van der Waals surface area (Å²) in [5.74, 6) is 1.25. The minimum atomic E-state index is -0.295. The van der Waals surface area contributed by atoms with Crippen LogP contribution in [0.5, 0.6) is 11.5 Å². The van der Waals surface area contributed by atoms with Crippen LogP contribution in [0.3, 0.4) is 0 Å². The van der Waals surface area contributed by atoms with Gasteiger partial charge in [-0.25, -0.2) is 4.99 Å². The normalized spacial score (nSPS) is 12.5. The fourth-order valence-corrected chi connectivity index (χ4v) is 2.85. The molecule has 1 aliphatic heterocycles. The number of nitrogens with zero attached hydrogens (tertiary/aromatic N) is 2. The van der Waals surface area contributed by atoms with Crippen molar-refractivity contribution in [1.82, 2.24) is 10.3 Å². The highest BCUT2D eigenvalue weighted by Gasteiger charge is 2.17. The molecule has 1 aliphatic rings. The van der Waals surface area contributed by atoms with Crippen LogP contribution in [-0.4, -0.2) is 23.6 Å². The Hall–Kier alpha value is -3.87. The van der Waals surface area contributed by atoms with Crippen molar-refractivity contribution < 1.29 is 14.3 Å². The van der Waals surface area contributed by atoms with Crippen LogP contribution in [0.25, 0.3) is 0 Å². The minimum absolute atomic E-state index is 0.161. The molecule has 2 N–H and O–H groups in total. The lowest BCUT2D eigenvalue weighted by Crippen LogP contribution is -2.36. The number of pyridine rings is 1. The van der Waals surface area contributed by atoms with E-state index >= 15 is 0 Å². The van der Waals surface area contributed by atoms with Gasteiger partial charge in [0.1, 0.15) is 0 Å². The summed E-state index contributed by atoms with van der Waals surface area (Å²) < 4.78 is 10.7. The Kier molecular flexibility index (Phi) is 5.38. The highest BCUT2D eigenvalue weighted by molar-refractivity contribution is 6.10. The van der Waals surface area contributed by atoms with E-state index < -0.39 is 0 Å². The average molecular weight is 388 g/mol. The molecular weight excluding hydrogens is 368 g/mol. The van der Waals surface area contributed by atoms with Gasteiger partial charge in [0.05, 0.1) is 6.54 Å². The first-order chi connectivity index (χ1) is 14.2. The number of rotatable bonds is 4. The van der Waals surface area contributed by atoms with Crippen molar-refractivity contribution in [2.45, 2.75) is 13.5 Å². The van der Waals surface area contributed by atoms with Gasteiger partial charge >= 0.3 is 0 Å². The first-order valence-electron chi connectivity index (χ1n) is 9.15. The fourth-order valence-electron chi connectivity index (χ4n) is 2.85. The number of carbonyl (C=O) groups is 1. The van der Waals surface area contributed by atoms with Gasteiger partial charge in [-0.1, -0.05) is 12.1 Å². The van der Waals surface area contributed by atoms with Crippen molar-refractivity contribution in [1.29, 1.82) is 0 Å². The molecule has 0 aliphatic carbocycles.